The minimum absolute atomic E-state index is 0.289. The molecule has 1 fully saturated rings. The van der Waals surface area contributed by atoms with E-state index in [0.717, 1.165) is 0 Å². The number of hydrogen-bond acceptors (Lipinski definition) is 3. The lowest BCUT2D eigenvalue weighted by Gasteiger charge is -2.49. The molecular weight excluding hydrogens is 320 g/mol. The fourth-order valence-electron chi connectivity index (χ4n) is 4.28. The van der Waals surface area contributed by atoms with Gasteiger partial charge in [-0.1, -0.05) is 17.0 Å². The Balaban J connectivity index is 3.40. The van der Waals surface area contributed by atoms with Crippen LogP contribution in [0.5, 0.6) is 0 Å². The van der Waals surface area contributed by atoms with Gasteiger partial charge in [-0.2, -0.15) is 21.6 Å². The number of halogens is 3. The van der Waals surface area contributed by atoms with Crippen LogP contribution in [0.4, 0.5) is 13.2 Å². The highest BCUT2D eigenvalue weighted by Crippen LogP contribution is 2.79. The van der Waals surface area contributed by atoms with Crippen molar-refractivity contribution in [3.05, 3.63) is 12.3 Å². The second-order valence-corrected chi connectivity index (χ2v) is 10.1. The van der Waals surface area contributed by atoms with Gasteiger partial charge in [-0.25, -0.2) is 0 Å². The molecular formula is C8H19B8F3O3S. The summed E-state index contributed by atoms with van der Waals surface area (Å²) in [7, 11) is 10.1. The number of allylic oxidation sites excluding steroid dienone is 1. The second-order valence-electron chi connectivity index (χ2n) is 8.58. The van der Waals surface area contributed by atoms with Gasteiger partial charge in [0.2, 0.25) is 0 Å². The van der Waals surface area contributed by atoms with Crippen molar-refractivity contribution in [3.63, 3.8) is 0 Å². The molecule has 1 rings (SSSR count). The molecule has 0 radical (unpaired) electrons. The van der Waals surface area contributed by atoms with Gasteiger partial charge in [0, 0.05) is 0 Å². The van der Waals surface area contributed by atoms with E-state index >= 15 is 0 Å². The first-order chi connectivity index (χ1) is 9.75. The normalized spacial score (nSPS) is 25.7. The predicted octanol–water partition coefficient (Wildman–Crippen LogP) is -5.47. The van der Waals surface area contributed by atoms with Crippen LogP contribution < -0.4 is 0 Å². The quantitative estimate of drug-likeness (QED) is 0.223. The maximum atomic E-state index is 12.6. The Morgan fingerprint density at radius 2 is 1.22 bits per heavy atom. The molecule has 0 aromatic carbocycles. The third kappa shape index (κ3) is 2.65. The van der Waals surface area contributed by atoms with Crippen molar-refractivity contribution in [2.75, 3.05) is 0 Å². The van der Waals surface area contributed by atoms with E-state index in [0.29, 0.717) is 0 Å². The molecule has 1 saturated carbocycles. The molecule has 0 N–H and O–H groups in total. The Bertz CT molecular complexity index is 601. The van der Waals surface area contributed by atoms with Crippen molar-refractivity contribution in [1.82, 2.24) is 0 Å². The van der Waals surface area contributed by atoms with E-state index in [1.54, 1.807) is 0 Å². The molecule has 0 atom stereocenters. The minimum atomic E-state index is -5.71. The maximum Gasteiger partial charge on any atom is 0.534 e. The first-order valence-corrected chi connectivity index (χ1v) is 8.85. The summed E-state index contributed by atoms with van der Waals surface area (Å²) in [5.74, 6) is -0.909. The third-order valence-electron chi connectivity index (χ3n) is 7.05. The molecule has 0 aromatic heterocycles. The summed E-state index contributed by atoms with van der Waals surface area (Å²) in [6.07, 6.45) is 0. The lowest BCUT2D eigenvalue weighted by molar-refractivity contribution is -0.0527. The van der Waals surface area contributed by atoms with Crippen LogP contribution in [-0.2, 0) is 14.3 Å². The molecule has 0 aliphatic heterocycles. The zero-order chi connectivity index (χ0) is 18.9. The Hall–Kier alpha value is -0.201. The van der Waals surface area contributed by atoms with Gasteiger partial charge in [-0.3, -0.25) is 0 Å². The number of rotatable bonds is 3. The van der Waals surface area contributed by atoms with Gasteiger partial charge in [0.25, 0.3) is 0 Å². The highest BCUT2D eigenvalue weighted by molar-refractivity contribution is 7.87. The van der Waals surface area contributed by atoms with E-state index in [4.69, 9.17) is 0 Å². The van der Waals surface area contributed by atoms with Crippen molar-refractivity contribution < 1.29 is 25.8 Å². The maximum absolute atomic E-state index is 12.6. The van der Waals surface area contributed by atoms with Gasteiger partial charge in [0.05, 0.1) is 62.8 Å². The third-order valence-corrected chi connectivity index (χ3v) is 8.05. The second kappa shape index (κ2) is 5.15. The standard InChI is InChI=1S/C8H19B8F3O3S/c1-2(22-23(20,21)8(17,18)19)3-4(9,10)6(13,14)7(15,16)5(3,11)12/h3H,1,9-16H2. The zero-order valence-corrected chi connectivity index (χ0v) is 15.9. The van der Waals surface area contributed by atoms with Gasteiger partial charge in [0.15, 0.2) is 0 Å². The van der Waals surface area contributed by atoms with Crippen molar-refractivity contribution in [2.45, 2.75) is 26.4 Å². The van der Waals surface area contributed by atoms with Crippen molar-refractivity contribution >= 4 is 72.9 Å². The molecule has 120 valence electrons. The molecule has 0 saturated heterocycles. The monoisotopic (exact) mass is 340 g/mol. The van der Waals surface area contributed by atoms with E-state index in [2.05, 4.69) is 10.8 Å². The summed E-state index contributed by atoms with van der Waals surface area (Å²) < 4.78 is 65.0. The summed E-state index contributed by atoms with van der Waals surface area (Å²) in [5, 5.41) is -1.61. The van der Waals surface area contributed by atoms with E-state index in [1.165, 1.54) is 0 Å². The molecule has 0 amide bonds. The Kier molecular flexibility index (Phi) is 4.67. The summed E-state index contributed by atoms with van der Waals surface area (Å²) in [5.41, 5.74) is -5.46. The Morgan fingerprint density at radius 1 is 0.913 bits per heavy atom. The number of alkyl halides is 3. The highest BCUT2D eigenvalue weighted by Gasteiger charge is 2.67. The predicted molar refractivity (Wildman–Crippen MR) is 108 cm³/mol. The van der Waals surface area contributed by atoms with Crippen LogP contribution in [0.25, 0.3) is 0 Å². The number of hydrogen-bond donors (Lipinski definition) is 0. The van der Waals surface area contributed by atoms with E-state index in [1.807, 2.05) is 62.8 Å². The van der Waals surface area contributed by atoms with Crippen molar-refractivity contribution in [2.24, 2.45) is 5.92 Å². The summed E-state index contributed by atoms with van der Waals surface area (Å²) in [6, 6.07) is 0. The fourth-order valence-corrected chi connectivity index (χ4v) is 4.75. The van der Waals surface area contributed by atoms with Gasteiger partial charge in [-0.05, 0) is 5.92 Å². The van der Waals surface area contributed by atoms with Gasteiger partial charge in [-0.15, -0.1) is 10.4 Å². The van der Waals surface area contributed by atoms with Crippen LogP contribution in [0, 0.1) is 5.92 Å². The average Bonchev–Trinajstić information content (AvgIpc) is 2.30. The Morgan fingerprint density at radius 3 is 1.48 bits per heavy atom. The largest absolute Gasteiger partial charge is 0.534 e. The molecule has 1 aliphatic rings. The van der Waals surface area contributed by atoms with Crippen LogP contribution in [0.2, 0.25) is 20.9 Å². The summed E-state index contributed by atoms with van der Waals surface area (Å²) in [4.78, 5) is 0. The van der Waals surface area contributed by atoms with E-state index < -0.39 is 32.0 Å². The molecule has 0 aromatic rings. The Labute approximate surface area is 143 Å². The zero-order valence-electron chi connectivity index (χ0n) is 15.1. The van der Waals surface area contributed by atoms with Gasteiger partial charge in [0.1, 0.15) is 5.76 Å². The lowest BCUT2D eigenvalue weighted by atomic mass is 9.17. The summed E-state index contributed by atoms with van der Waals surface area (Å²) >= 11 is 0. The molecule has 0 heterocycles. The van der Waals surface area contributed by atoms with Crippen molar-refractivity contribution in [1.29, 1.82) is 0 Å². The highest BCUT2D eigenvalue weighted by atomic mass is 32.2. The minimum Gasteiger partial charge on any atom is -0.381 e. The van der Waals surface area contributed by atoms with Crippen LogP contribution >= 0.6 is 0 Å². The smallest absolute Gasteiger partial charge is 0.381 e. The first-order valence-electron chi connectivity index (χ1n) is 7.44. The first kappa shape index (κ1) is 20.8. The summed E-state index contributed by atoms with van der Waals surface area (Å²) in [6.45, 7) is 3.56. The van der Waals surface area contributed by atoms with E-state index in [-0.39, 0.29) is 16.2 Å². The average molecular weight is 339 g/mol. The molecule has 3 nitrogen and oxygen atoms in total. The fraction of sp³-hybridized carbons (Fsp3) is 0.750. The SMILES string of the molecule is BC1(B)C(C(=C)OS(=O)(=O)C(F)(F)F)C(B)(B)C(B)(B)C1(B)B. The molecule has 0 unspecified atom stereocenters. The molecule has 23 heavy (non-hydrogen) atoms. The van der Waals surface area contributed by atoms with Gasteiger partial charge < -0.3 is 4.18 Å². The van der Waals surface area contributed by atoms with Crippen molar-refractivity contribution in [3.8, 4) is 0 Å². The van der Waals surface area contributed by atoms with E-state index in [9.17, 15) is 21.6 Å². The molecule has 0 spiro atoms. The van der Waals surface area contributed by atoms with Crippen LogP contribution in [0.15, 0.2) is 12.3 Å². The van der Waals surface area contributed by atoms with Crippen LogP contribution in [0.3, 0.4) is 0 Å². The lowest BCUT2D eigenvalue weighted by Crippen LogP contribution is -2.39. The molecule has 15 heteroatoms. The molecule has 0 bridgehead atoms. The van der Waals surface area contributed by atoms with Gasteiger partial charge >= 0.3 is 15.6 Å². The molecule has 1 aliphatic carbocycles. The van der Waals surface area contributed by atoms with Crippen LogP contribution in [0.1, 0.15) is 0 Å². The van der Waals surface area contributed by atoms with Crippen LogP contribution in [-0.4, -0.2) is 76.7 Å². The topological polar surface area (TPSA) is 43.4 Å².